The third-order valence-corrected chi connectivity index (χ3v) is 4.34. The Balaban J connectivity index is 0.00000140. The molecule has 3 heterocycles. The highest BCUT2D eigenvalue weighted by atomic mass is 35.5. The highest BCUT2D eigenvalue weighted by Gasteiger charge is 2.07. The lowest BCUT2D eigenvalue weighted by molar-refractivity contribution is 0.781. The number of halogens is 2. The minimum absolute atomic E-state index is 0. The Morgan fingerprint density at radius 1 is 1.07 bits per heavy atom. The van der Waals surface area contributed by atoms with Crippen LogP contribution in [0.15, 0.2) is 55.1 Å². The Morgan fingerprint density at radius 2 is 1.86 bits per heavy atom. The van der Waals surface area contributed by atoms with Gasteiger partial charge in [-0.2, -0.15) is 5.10 Å². The first kappa shape index (κ1) is 21.7. The molecule has 4 rings (SSSR count). The molecule has 148 valence electrons. The van der Waals surface area contributed by atoms with Crippen LogP contribution in [-0.2, 0) is 6.42 Å². The number of pyridine rings is 1. The maximum absolute atomic E-state index is 4.79. The summed E-state index contributed by atoms with van der Waals surface area (Å²) in [7, 11) is 0. The number of nitrogens with one attached hydrogen (secondary N) is 1. The van der Waals surface area contributed by atoms with Crippen LogP contribution < -0.4 is 5.32 Å². The molecule has 0 spiro atoms. The van der Waals surface area contributed by atoms with E-state index in [-0.39, 0.29) is 24.8 Å². The van der Waals surface area contributed by atoms with Crippen LogP contribution in [0.4, 0.5) is 11.4 Å². The number of aryl methyl sites for hydroxylation is 2. The van der Waals surface area contributed by atoms with Crippen LogP contribution >= 0.6 is 24.8 Å². The zero-order chi connectivity index (χ0) is 17.9. The summed E-state index contributed by atoms with van der Waals surface area (Å²) in [5, 5.41) is 7.81. The second-order valence-corrected chi connectivity index (χ2v) is 6.40. The molecule has 6 nitrogen and oxygen atoms in total. The molecule has 3 aromatic heterocycles. The number of aromatic nitrogens is 5. The van der Waals surface area contributed by atoms with Crippen LogP contribution in [0.3, 0.4) is 0 Å². The number of imidazole rings is 1. The number of rotatable bonds is 6. The van der Waals surface area contributed by atoms with Crippen molar-refractivity contribution >= 4 is 41.8 Å². The Bertz CT molecular complexity index is 1020. The van der Waals surface area contributed by atoms with E-state index in [0.29, 0.717) is 0 Å². The van der Waals surface area contributed by atoms with Gasteiger partial charge in [0.2, 0.25) is 0 Å². The van der Waals surface area contributed by atoms with E-state index in [9.17, 15) is 0 Å². The molecule has 0 aliphatic carbocycles. The highest BCUT2D eigenvalue weighted by Crippen LogP contribution is 2.23. The lowest BCUT2D eigenvalue weighted by Gasteiger charge is -2.08. The van der Waals surface area contributed by atoms with Gasteiger partial charge in [0, 0.05) is 18.1 Å². The molecule has 0 atom stereocenters. The second-order valence-electron chi connectivity index (χ2n) is 6.40. The summed E-state index contributed by atoms with van der Waals surface area (Å²) in [5.41, 5.74) is 5.08. The van der Waals surface area contributed by atoms with Gasteiger partial charge in [-0.15, -0.1) is 24.8 Å². The van der Waals surface area contributed by atoms with Crippen LogP contribution in [0.2, 0.25) is 0 Å². The molecular weight excluding hydrogens is 395 g/mol. The third kappa shape index (κ3) is 4.64. The zero-order valence-corrected chi connectivity index (χ0v) is 17.5. The summed E-state index contributed by atoms with van der Waals surface area (Å²) in [6.45, 7) is 4.08. The van der Waals surface area contributed by atoms with Gasteiger partial charge in [0.15, 0.2) is 5.65 Å². The van der Waals surface area contributed by atoms with Crippen molar-refractivity contribution in [2.45, 2.75) is 33.1 Å². The van der Waals surface area contributed by atoms with Crippen molar-refractivity contribution < 1.29 is 0 Å². The van der Waals surface area contributed by atoms with Crippen molar-refractivity contribution in [1.29, 1.82) is 0 Å². The number of hydrogen-bond acceptors (Lipinski definition) is 4. The fourth-order valence-electron chi connectivity index (χ4n) is 2.96. The number of fused-ring (bicyclic) bond motifs is 1. The molecule has 1 N–H and O–H groups in total. The molecule has 28 heavy (non-hydrogen) atoms. The minimum Gasteiger partial charge on any atom is -0.352 e. The highest BCUT2D eigenvalue weighted by molar-refractivity contribution is 5.85. The third-order valence-electron chi connectivity index (χ3n) is 4.34. The van der Waals surface area contributed by atoms with Crippen LogP contribution in [0.5, 0.6) is 0 Å². The molecule has 0 fully saturated rings. The number of hydrogen-bond donors (Lipinski definition) is 1. The Labute approximate surface area is 176 Å². The fourth-order valence-corrected chi connectivity index (χ4v) is 2.96. The van der Waals surface area contributed by atoms with Crippen molar-refractivity contribution in [1.82, 2.24) is 24.1 Å². The standard InChI is InChI=1S/C20H22N6.2ClH/c1-3-4-6-17-13-25-12-5-7-19(20(25)23-17)22-16-8-10-18(11-9-16)26-14-21-15(2)24-26;;/h5,7-14,22H,3-4,6H2,1-2H3;2*1H. The Hall–Kier alpha value is -2.57. The minimum atomic E-state index is 0. The largest absolute Gasteiger partial charge is 0.352 e. The van der Waals surface area contributed by atoms with Crippen LogP contribution in [0.1, 0.15) is 31.3 Å². The molecule has 0 unspecified atom stereocenters. The molecule has 0 amide bonds. The van der Waals surface area contributed by atoms with Crippen molar-refractivity contribution in [3.05, 3.63) is 66.6 Å². The molecule has 0 saturated carbocycles. The summed E-state index contributed by atoms with van der Waals surface area (Å²) in [6, 6.07) is 12.2. The predicted molar refractivity (Wildman–Crippen MR) is 118 cm³/mol. The number of anilines is 2. The second kappa shape index (κ2) is 9.57. The molecule has 0 radical (unpaired) electrons. The summed E-state index contributed by atoms with van der Waals surface area (Å²) in [5.74, 6) is 0.761. The summed E-state index contributed by atoms with van der Waals surface area (Å²) < 4.78 is 3.86. The average Bonchev–Trinajstić information content (AvgIpc) is 3.27. The van der Waals surface area contributed by atoms with Crippen LogP contribution in [0, 0.1) is 6.92 Å². The normalized spacial score (nSPS) is 10.4. The Kier molecular flexibility index (Phi) is 7.43. The first-order valence-electron chi connectivity index (χ1n) is 8.95. The van der Waals surface area contributed by atoms with Gasteiger partial charge in [0.05, 0.1) is 17.1 Å². The maximum Gasteiger partial charge on any atom is 0.160 e. The molecule has 8 heteroatoms. The molecule has 0 aliphatic rings. The Morgan fingerprint density at radius 3 is 2.54 bits per heavy atom. The van der Waals surface area contributed by atoms with E-state index < -0.39 is 0 Å². The lowest BCUT2D eigenvalue weighted by Crippen LogP contribution is -1.97. The van der Waals surface area contributed by atoms with Crippen LogP contribution in [-0.4, -0.2) is 24.1 Å². The number of benzene rings is 1. The van der Waals surface area contributed by atoms with E-state index in [1.54, 1.807) is 11.0 Å². The number of unbranched alkanes of at least 4 members (excludes halogenated alkanes) is 1. The fraction of sp³-hybridized carbons (Fsp3) is 0.250. The zero-order valence-electron chi connectivity index (χ0n) is 15.9. The quantitative estimate of drug-likeness (QED) is 0.469. The lowest BCUT2D eigenvalue weighted by atomic mass is 10.2. The predicted octanol–water partition coefficient (Wildman–Crippen LogP) is 5.15. The summed E-state index contributed by atoms with van der Waals surface area (Å²) in [6.07, 6.45) is 9.24. The molecule has 1 aromatic carbocycles. The SMILES string of the molecule is CCCCc1cn2cccc(Nc3ccc(-n4cnc(C)n4)cc3)c2n1.Cl.Cl. The molecule has 0 aliphatic heterocycles. The first-order valence-corrected chi connectivity index (χ1v) is 8.95. The van der Waals surface area contributed by atoms with Crippen molar-refractivity contribution in [2.24, 2.45) is 0 Å². The van der Waals surface area contributed by atoms with E-state index >= 15 is 0 Å². The van der Waals surface area contributed by atoms with Gasteiger partial charge in [-0.05, 0) is 56.2 Å². The summed E-state index contributed by atoms with van der Waals surface area (Å²) >= 11 is 0. The van der Waals surface area contributed by atoms with Gasteiger partial charge in [-0.1, -0.05) is 13.3 Å². The maximum atomic E-state index is 4.79. The van der Waals surface area contributed by atoms with Crippen LogP contribution in [0.25, 0.3) is 11.3 Å². The van der Waals surface area contributed by atoms with E-state index in [1.165, 1.54) is 6.42 Å². The van der Waals surface area contributed by atoms with Gasteiger partial charge in [0.25, 0.3) is 0 Å². The van der Waals surface area contributed by atoms with Gasteiger partial charge in [0.1, 0.15) is 12.2 Å². The first-order chi connectivity index (χ1) is 12.7. The van der Waals surface area contributed by atoms with Crippen molar-refractivity contribution in [2.75, 3.05) is 5.32 Å². The van der Waals surface area contributed by atoms with Gasteiger partial charge in [-0.3, -0.25) is 0 Å². The van der Waals surface area contributed by atoms with Gasteiger partial charge in [-0.25, -0.2) is 14.6 Å². The average molecular weight is 419 g/mol. The molecule has 0 bridgehead atoms. The van der Waals surface area contributed by atoms with E-state index in [1.807, 2.05) is 43.5 Å². The monoisotopic (exact) mass is 418 g/mol. The smallest absolute Gasteiger partial charge is 0.160 e. The molecule has 0 saturated heterocycles. The van der Waals surface area contributed by atoms with Crippen molar-refractivity contribution in [3.8, 4) is 5.69 Å². The van der Waals surface area contributed by atoms with E-state index in [2.05, 4.69) is 39.0 Å². The van der Waals surface area contributed by atoms with E-state index in [4.69, 9.17) is 4.98 Å². The summed E-state index contributed by atoms with van der Waals surface area (Å²) in [4.78, 5) is 8.96. The topological polar surface area (TPSA) is 60.0 Å². The molecule has 4 aromatic rings. The van der Waals surface area contributed by atoms with Gasteiger partial charge >= 0.3 is 0 Å². The van der Waals surface area contributed by atoms with E-state index in [0.717, 1.165) is 47.1 Å². The number of nitrogens with zero attached hydrogens (tertiary/aromatic N) is 5. The molecular formula is C20H24Cl2N6. The van der Waals surface area contributed by atoms with Crippen molar-refractivity contribution in [3.63, 3.8) is 0 Å². The van der Waals surface area contributed by atoms with Gasteiger partial charge < -0.3 is 9.72 Å².